The summed E-state index contributed by atoms with van der Waals surface area (Å²) in [4.78, 5) is 22.1. The summed E-state index contributed by atoms with van der Waals surface area (Å²) in [7, 11) is 5.58. The fourth-order valence-corrected chi connectivity index (χ4v) is 1.57. The highest BCUT2D eigenvalue weighted by molar-refractivity contribution is 5.75. The second kappa shape index (κ2) is 7.33. The van der Waals surface area contributed by atoms with Crippen LogP contribution in [0.3, 0.4) is 0 Å². The van der Waals surface area contributed by atoms with Crippen molar-refractivity contribution in [2.45, 2.75) is 38.4 Å². The van der Waals surface area contributed by atoms with Crippen LogP contribution in [0.1, 0.15) is 26.2 Å². The molecule has 0 aromatic heterocycles. The number of carboxylic acids is 1. The Hall–Kier alpha value is -1.14. The van der Waals surface area contributed by atoms with Crippen molar-refractivity contribution in [3.63, 3.8) is 0 Å². The van der Waals surface area contributed by atoms with Gasteiger partial charge in [0.2, 0.25) is 0 Å². The lowest BCUT2D eigenvalue weighted by molar-refractivity contribution is -0.873. The number of quaternary nitrogens is 1. The Balaban J connectivity index is 4.48. The maximum absolute atomic E-state index is 11.5. The highest BCUT2D eigenvalue weighted by Crippen LogP contribution is 2.08. The third-order valence-electron chi connectivity index (χ3n) is 2.26. The van der Waals surface area contributed by atoms with E-state index in [1.807, 2.05) is 28.1 Å². The minimum atomic E-state index is -1.27. The van der Waals surface area contributed by atoms with E-state index in [0.29, 0.717) is 23.9 Å². The number of rotatable bonds is 8. The van der Waals surface area contributed by atoms with Crippen LogP contribution in [0.5, 0.6) is 0 Å². The van der Waals surface area contributed by atoms with Crippen LogP contribution in [0.2, 0.25) is 0 Å². The van der Waals surface area contributed by atoms with E-state index in [-0.39, 0.29) is 6.42 Å². The van der Waals surface area contributed by atoms with Crippen LogP contribution in [0, 0.1) is 0 Å². The first-order chi connectivity index (χ1) is 8.15. The van der Waals surface area contributed by atoms with Gasteiger partial charge in [0.25, 0.3) is 0 Å². The Bertz CT molecular complexity index is 285. The topological polar surface area (TPSA) is 86.7 Å². The number of carbonyl (C=O) groups is 2. The van der Waals surface area contributed by atoms with Gasteiger partial charge in [0, 0.05) is 12.4 Å². The molecule has 0 radical (unpaired) electrons. The van der Waals surface area contributed by atoms with Crippen molar-refractivity contribution in [3.8, 4) is 0 Å². The summed E-state index contributed by atoms with van der Waals surface area (Å²) in [6.45, 7) is 2.18. The lowest BCUT2D eigenvalue weighted by Crippen LogP contribution is -2.46. The van der Waals surface area contributed by atoms with Gasteiger partial charge in [0.15, 0.2) is 12.2 Å². The highest BCUT2D eigenvalue weighted by atomic mass is 16.6. The van der Waals surface area contributed by atoms with Gasteiger partial charge in [-0.05, 0) is 6.42 Å². The Morgan fingerprint density at radius 3 is 2.28 bits per heavy atom. The first-order valence-corrected chi connectivity index (χ1v) is 6.04. The molecule has 0 saturated carbocycles. The number of esters is 1. The average Bonchev–Trinajstić information content (AvgIpc) is 2.13. The number of hydrogen-bond donors (Lipinski definition) is 1. The molecule has 0 aromatic carbocycles. The second-order valence-electron chi connectivity index (χ2n) is 5.41. The van der Waals surface area contributed by atoms with Crippen molar-refractivity contribution in [2.75, 3.05) is 27.7 Å². The largest absolute Gasteiger partial charge is 0.550 e. The predicted molar refractivity (Wildman–Crippen MR) is 63.3 cm³/mol. The van der Waals surface area contributed by atoms with Crippen LogP contribution >= 0.6 is 0 Å². The van der Waals surface area contributed by atoms with E-state index in [4.69, 9.17) is 4.74 Å². The van der Waals surface area contributed by atoms with Gasteiger partial charge in [-0.2, -0.15) is 0 Å². The molecule has 0 fully saturated rings. The molecule has 0 aromatic rings. The van der Waals surface area contributed by atoms with E-state index in [0.717, 1.165) is 0 Å². The Kier molecular flexibility index (Phi) is 6.86. The van der Waals surface area contributed by atoms with Gasteiger partial charge in [-0.1, -0.05) is 13.3 Å². The Labute approximate surface area is 108 Å². The minimum absolute atomic E-state index is 0.307. The zero-order valence-corrected chi connectivity index (χ0v) is 11.5. The summed E-state index contributed by atoms with van der Waals surface area (Å²) in [5.74, 6) is -2.04. The summed E-state index contributed by atoms with van der Waals surface area (Å²) >= 11 is 0. The zero-order valence-electron chi connectivity index (χ0n) is 11.5. The second-order valence-corrected chi connectivity index (χ2v) is 5.41. The van der Waals surface area contributed by atoms with E-state index in [2.05, 4.69) is 0 Å². The molecule has 6 heteroatoms. The number of likely N-dealkylation sites (N-methyl/N-ethyl adjacent to an activating group) is 1. The van der Waals surface area contributed by atoms with Crippen LogP contribution < -0.4 is 5.11 Å². The standard InChI is InChI=1S/C12H23NO5/c1-5-6-10(14)12(17)18-9(7-11(15)16)8-13(2,3)4/h9-10,14H,5-8H2,1-4H3/t9-,10?/m1/s1. The molecule has 106 valence electrons. The molecular formula is C12H23NO5. The Morgan fingerprint density at radius 2 is 1.89 bits per heavy atom. The molecule has 0 amide bonds. The molecule has 0 saturated heterocycles. The summed E-state index contributed by atoms with van der Waals surface area (Å²) in [5, 5.41) is 20.1. The summed E-state index contributed by atoms with van der Waals surface area (Å²) < 4.78 is 5.48. The van der Waals surface area contributed by atoms with Crippen LogP contribution in [0.4, 0.5) is 0 Å². The van der Waals surface area contributed by atoms with Gasteiger partial charge < -0.3 is 24.2 Å². The van der Waals surface area contributed by atoms with Crippen molar-refractivity contribution in [3.05, 3.63) is 0 Å². The number of carbonyl (C=O) groups excluding carboxylic acids is 2. The molecule has 0 bridgehead atoms. The maximum atomic E-state index is 11.5. The zero-order chi connectivity index (χ0) is 14.3. The fraction of sp³-hybridized carbons (Fsp3) is 0.833. The summed E-state index contributed by atoms with van der Waals surface area (Å²) in [5.41, 5.74) is 0. The molecule has 0 aliphatic carbocycles. The third-order valence-corrected chi connectivity index (χ3v) is 2.26. The maximum Gasteiger partial charge on any atom is 0.335 e. The van der Waals surface area contributed by atoms with E-state index in [1.54, 1.807) is 0 Å². The number of ether oxygens (including phenoxy) is 1. The molecule has 0 heterocycles. The van der Waals surface area contributed by atoms with Crippen LogP contribution in [-0.4, -0.2) is 61.4 Å². The number of nitrogens with zero attached hydrogens (tertiary/aromatic N) is 1. The molecule has 1 unspecified atom stereocenters. The van der Waals surface area contributed by atoms with E-state index >= 15 is 0 Å². The van der Waals surface area contributed by atoms with Gasteiger partial charge in [-0.15, -0.1) is 0 Å². The minimum Gasteiger partial charge on any atom is -0.550 e. The van der Waals surface area contributed by atoms with E-state index in [9.17, 15) is 19.8 Å². The number of aliphatic hydroxyl groups excluding tert-OH is 1. The lowest BCUT2D eigenvalue weighted by Gasteiger charge is -2.29. The SMILES string of the molecule is CCCC(O)C(=O)O[C@H](CC(=O)[O-])C[N+](C)(C)C. The number of aliphatic carboxylic acids is 1. The summed E-state index contributed by atoms with van der Waals surface area (Å²) in [6.07, 6.45) is -1.38. The van der Waals surface area contributed by atoms with Crippen molar-refractivity contribution in [2.24, 2.45) is 0 Å². The highest BCUT2D eigenvalue weighted by Gasteiger charge is 2.25. The van der Waals surface area contributed by atoms with Crippen molar-refractivity contribution >= 4 is 11.9 Å². The van der Waals surface area contributed by atoms with Crippen LogP contribution in [0.15, 0.2) is 0 Å². The van der Waals surface area contributed by atoms with Gasteiger partial charge in [0.1, 0.15) is 6.54 Å². The number of hydrogen-bond acceptors (Lipinski definition) is 5. The van der Waals surface area contributed by atoms with Crippen molar-refractivity contribution < 1.29 is 29.0 Å². The molecule has 1 N–H and O–H groups in total. The van der Waals surface area contributed by atoms with Crippen LogP contribution in [-0.2, 0) is 14.3 Å². The molecule has 0 rings (SSSR count). The van der Waals surface area contributed by atoms with Gasteiger partial charge in [0.05, 0.1) is 21.1 Å². The third kappa shape index (κ3) is 8.03. The first-order valence-electron chi connectivity index (χ1n) is 6.04. The monoisotopic (exact) mass is 261 g/mol. The number of aliphatic hydroxyl groups is 1. The van der Waals surface area contributed by atoms with E-state index < -0.39 is 24.1 Å². The van der Waals surface area contributed by atoms with Gasteiger partial charge >= 0.3 is 5.97 Å². The average molecular weight is 261 g/mol. The Morgan fingerprint density at radius 1 is 1.33 bits per heavy atom. The fourth-order valence-electron chi connectivity index (χ4n) is 1.57. The molecule has 0 aliphatic heterocycles. The quantitative estimate of drug-likeness (QED) is 0.443. The molecular weight excluding hydrogens is 238 g/mol. The first kappa shape index (κ1) is 16.9. The van der Waals surface area contributed by atoms with Gasteiger partial charge in [-0.3, -0.25) is 0 Å². The predicted octanol–water partition coefficient (Wildman–Crippen LogP) is -1.09. The molecule has 6 nitrogen and oxygen atoms in total. The van der Waals surface area contributed by atoms with Crippen molar-refractivity contribution in [1.82, 2.24) is 0 Å². The van der Waals surface area contributed by atoms with Crippen molar-refractivity contribution in [1.29, 1.82) is 0 Å². The molecule has 18 heavy (non-hydrogen) atoms. The summed E-state index contributed by atoms with van der Waals surface area (Å²) in [6, 6.07) is 0. The van der Waals surface area contributed by atoms with E-state index in [1.165, 1.54) is 0 Å². The molecule has 0 aliphatic rings. The molecule has 2 atom stereocenters. The normalized spacial score (nSPS) is 14.9. The van der Waals surface area contributed by atoms with Crippen LogP contribution in [0.25, 0.3) is 0 Å². The number of carboxylic acid groups (broad SMARTS) is 1. The molecule has 0 spiro atoms. The lowest BCUT2D eigenvalue weighted by atomic mass is 10.2. The van der Waals surface area contributed by atoms with Gasteiger partial charge in [-0.25, -0.2) is 4.79 Å². The smallest absolute Gasteiger partial charge is 0.335 e.